The van der Waals surface area contributed by atoms with E-state index in [1.54, 1.807) is 14.2 Å². The highest BCUT2D eigenvalue weighted by Gasteiger charge is 2.42. The lowest BCUT2D eigenvalue weighted by atomic mass is 9.75. The molecule has 0 aromatic heterocycles. The molecule has 3 heteroatoms. The van der Waals surface area contributed by atoms with Gasteiger partial charge >= 0.3 is 0 Å². The smallest absolute Gasteiger partial charge is 0.118 e. The van der Waals surface area contributed by atoms with Gasteiger partial charge in [0.2, 0.25) is 0 Å². The second-order valence-electron chi connectivity index (χ2n) is 6.76. The van der Waals surface area contributed by atoms with Crippen molar-refractivity contribution in [3.05, 3.63) is 29.8 Å². The van der Waals surface area contributed by atoms with Gasteiger partial charge in [-0.1, -0.05) is 12.1 Å². The Labute approximate surface area is 128 Å². The summed E-state index contributed by atoms with van der Waals surface area (Å²) in [5.74, 6) is 1.67. The van der Waals surface area contributed by atoms with Crippen LogP contribution in [0.5, 0.6) is 5.75 Å². The van der Waals surface area contributed by atoms with Crippen molar-refractivity contribution in [1.82, 2.24) is 5.32 Å². The normalized spacial score (nSPS) is 26.2. The van der Waals surface area contributed by atoms with Crippen LogP contribution in [0.1, 0.15) is 43.6 Å². The molecule has 2 saturated carbocycles. The largest absolute Gasteiger partial charge is 0.497 e. The molecule has 116 valence electrons. The maximum absolute atomic E-state index is 5.22. The van der Waals surface area contributed by atoms with Crippen molar-refractivity contribution < 1.29 is 9.47 Å². The number of rotatable bonds is 8. The molecule has 0 unspecified atom stereocenters. The van der Waals surface area contributed by atoms with Gasteiger partial charge in [0.05, 0.1) is 7.11 Å². The molecule has 0 aliphatic heterocycles. The fourth-order valence-electron chi connectivity index (χ4n) is 3.30. The number of hydrogen-bond acceptors (Lipinski definition) is 3. The molecule has 1 aromatic rings. The minimum atomic E-state index is 0.557. The van der Waals surface area contributed by atoms with Crippen LogP contribution in [0, 0.1) is 5.41 Å². The highest BCUT2D eigenvalue weighted by Crippen LogP contribution is 2.48. The maximum atomic E-state index is 5.22. The Hall–Kier alpha value is -1.06. The Morgan fingerprint density at radius 1 is 1.14 bits per heavy atom. The van der Waals surface area contributed by atoms with Crippen LogP contribution in [0.4, 0.5) is 0 Å². The summed E-state index contributed by atoms with van der Waals surface area (Å²) in [7, 11) is 3.52. The zero-order valence-electron chi connectivity index (χ0n) is 13.2. The summed E-state index contributed by atoms with van der Waals surface area (Å²) < 4.78 is 10.4. The zero-order chi connectivity index (χ0) is 14.7. The van der Waals surface area contributed by atoms with E-state index < -0.39 is 0 Å². The van der Waals surface area contributed by atoms with Crippen LogP contribution in [0.2, 0.25) is 0 Å². The van der Waals surface area contributed by atoms with E-state index in [1.165, 1.54) is 44.2 Å². The molecule has 0 heterocycles. The van der Waals surface area contributed by atoms with Crippen LogP contribution < -0.4 is 10.1 Å². The molecule has 1 N–H and O–H groups in total. The van der Waals surface area contributed by atoms with E-state index in [1.807, 2.05) is 0 Å². The van der Waals surface area contributed by atoms with Crippen molar-refractivity contribution in [2.75, 3.05) is 27.4 Å². The fourth-order valence-corrected chi connectivity index (χ4v) is 3.30. The second kappa shape index (κ2) is 6.37. The van der Waals surface area contributed by atoms with Crippen LogP contribution in [0.3, 0.4) is 0 Å². The molecule has 3 rings (SSSR count). The lowest BCUT2D eigenvalue weighted by Crippen LogP contribution is -2.42. The van der Waals surface area contributed by atoms with E-state index in [-0.39, 0.29) is 0 Å². The van der Waals surface area contributed by atoms with Gasteiger partial charge in [0.25, 0.3) is 0 Å². The summed E-state index contributed by atoms with van der Waals surface area (Å²) in [6.07, 6.45) is 6.50. The number of benzene rings is 1. The van der Waals surface area contributed by atoms with Crippen LogP contribution in [-0.2, 0) is 4.74 Å². The average Bonchev–Trinajstić information content (AvgIpc) is 3.24. The fraction of sp³-hybridized carbons (Fsp3) is 0.667. The van der Waals surface area contributed by atoms with E-state index >= 15 is 0 Å². The highest BCUT2D eigenvalue weighted by atomic mass is 16.5. The van der Waals surface area contributed by atoms with Crippen molar-refractivity contribution in [3.63, 3.8) is 0 Å². The molecule has 0 radical (unpaired) electrons. The first-order valence-electron chi connectivity index (χ1n) is 8.11. The Bertz CT molecular complexity index is 447. The number of hydrogen-bond donors (Lipinski definition) is 1. The van der Waals surface area contributed by atoms with Gasteiger partial charge in [-0.25, -0.2) is 0 Å². The van der Waals surface area contributed by atoms with E-state index in [2.05, 4.69) is 29.6 Å². The molecule has 0 spiro atoms. The first-order valence-corrected chi connectivity index (χ1v) is 8.11. The molecule has 0 bridgehead atoms. The number of ether oxygens (including phenoxy) is 2. The third kappa shape index (κ3) is 3.58. The molecule has 0 atom stereocenters. The van der Waals surface area contributed by atoms with Crippen LogP contribution in [0.15, 0.2) is 24.3 Å². The summed E-state index contributed by atoms with van der Waals surface area (Å²) in [5, 5.41) is 3.77. The van der Waals surface area contributed by atoms with Gasteiger partial charge < -0.3 is 14.8 Å². The van der Waals surface area contributed by atoms with Crippen molar-refractivity contribution in [1.29, 1.82) is 0 Å². The molecule has 3 nitrogen and oxygen atoms in total. The van der Waals surface area contributed by atoms with Gasteiger partial charge in [0.1, 0.15) is 5.75 Å². The van der Waals surface area contributed by atoms with Gasteiger partial charge in [-0.2, -0.15) is 0 Å². The van der Waals surface area contributed by atoms with Gasteiger partial charge in [0.15, 0.2) is 0 Å². The molecule has 2 fully saturated rings. The first-order chi connectivity index (χ1) is 10.2. The first kappa shape index (κ1) is 14.9. The van der Waals surface area contributed by atoms with Gasteiger partial charge in [-0.05, 0) is 61.1 Å². The lowest BCUT2D eigenvalue weighted by Gasteiger charge is -2.37. The Morgan fingerprint density at radius 2 is 1.86 bits per heavy atom. The van der Waals surface area contributed by atoms with Gasteiger partial charge in [0, 0.05) is 26.3 Å². The molecule has 0 saturated heterocycles. The predicted molar refractivity (Wildman–Crippen MR) is 84.9 cm³/mol. The zero-order valence-corrected chi connectivity index (χ0v) is 13.2. The summed E-state index contributed by atoms with van der Waals surface area (Å²) >= 11 is 0. The molecule has 1 aromatic carbocycles. The second-order valence-corrected chi connectivity index (χ2v) is 6.76. The molecule has 21 heavy (non-hydrogen) atoms. The summed E-state index contributed by atoms with van der Waals surface area (Å²) in [5.41, 5.74) is 2.01. The minimum absolute atomic E-state index is 0.557. The molecule has 2 aliphatic rings. The van der Waals surface area contributed by atoms with E-state index in [4.69, 9.17) is 9.47 Å². The maximum Gasteiger partial charge on any atom is 0.118 e. The van der Waals surface area contributed by atoms with Crippen LogP contribution in [-0.4, -0.2) is 33.4 Å². The summed E-state index contributed by atoms with van der Waals surface area (Å²) in [4.78, 5) is 0. The Kier molecular flexibility index (Phi) is 4.51. The Balaban J connectivity index is 1.39. The molecular weight excluding hydrogens is 262 g/mol. The van der Waals surface area contributed by atoms with Gasteiger partial charge in [-0.3, -0.25) is 0 Å². The molecule has 0 amide bonds. The van der Waals surface area contributed by atoms with Crippen molar-refractivity contribution in [2.24, 2.45) is 5.41 Å². The van der Waals surface area contributed by atoms with Gasteiger partial charge in [-0.15, -0.1) is 0 Å². The van der Waals surface area contributed by atoms with Crippen LogP contribution in [0.25, 0.3) is 0 Å². The summed E-state index contributed by atoms with van der Waals surface area (Å²) in [6.45, 7) is 2.08. The third-order valence-corrected chi connectivity index (χ3v) is 5.28. The van der Waals surface area contributed by atoms with Crippen LogP contribution >= 0.6 is 0 Å². The third-order valence-electron chi connectivity index (χ3n) is 5.28. The Morgan fingerprint density at radius 3 is 2.43 bits per heavy atom. The number of methoxy groups -OCH3 is 2. The van der Waals surface area contributed by atoms with Crippen molar-refractivity contribution >= 4 is 0 Å². The molecule has 2 aliphatic carbocycles. The van der Waals surface area contributed by atoms with E-state index in [9.17, 15) is 0 Å². The minimum Gasteiger partial charge on any atom is -0.497 e. The lowest BCUT2D eigenvalue weighted by molar-refractivity contribution is 0.166. The standard InChI is InChI=1S/C18H27NO2/c1-20-10-9-18(7-8-18)13-19-16-11-15(12-16)14-3-5-17(21-2)6-4-14/h3-6,15-16,19H,7-13H2,1-2H3. The monoisotopic (exact) mass is 289 g/mol. The average molecular weight is 289 g/mol. The van der Waals surface area contributed by atoms with E-state index in [0.717, 1.165) is 18.3 Å². The highest BCUT2D eigenvalue weighted by molar-refractivity contribution is 5.30. The quantitative estimate of drug-likeness (QED) is 0.796. The summed E-state index contributed by atoms with van der Waals surface area (Å²) in [6, 6.07) is 9.26. The predicted octanol–water partition coefficient (Wildman–Crippen LogP) is 3.35. The number of nitrogens with one attached hydrogen (secondary N) is 1. The van der Waals surface area contributed by atoms with E-state index in [0.29, 0.717) is 11.5 Å². The topological polar surface area (TPSA) is 30.5 Å². The molecular formula is C18H27NO2. The van der Waals surface area contributed by atoms with Crippen molar-refractivity contribution in [2.45, 2.75) is 44.1 Å². The van der Waals surface area contributed by atoms with Crippen molar-refractivity contribution in [3.8, 4) is 5.75 Å². The SMILES string of the molecule is COCCC1(CNC2CC(c3ccc(OC)cc3)C2)CC1.